The largest absolute Gasteiger partial charge is 0.496 e. The van der Waals surface area contributed by atoms with Gasteiger partial charge in [0.15, 0.2) is 6.61 Å². The summed E-state index contributed by atoms with van der Waals surface area (Å²) in [6.45, 7) is -0.366. The highest BCUT2D eigenvalue weighted by Crippen LogP contribution is 2.31. The van der Waals surface area contributed by atoms with Crippen LogP contribution in [-0.4, -0.2) is 35.4 Å². The number of fused-ring (bicyclic) bond motifs is 1. The zero-order valence-electron chi connectivity index (χ0n) is 16.3. The number of nitrogens with zero attached hydrogens (tertiary/aromatic N) is 2. The molecule has 1 aromatic heterocycles. The fourth-order valence-electron chi connectivity index (χ4n) is 3.87. The van der Waals surface area contributed by atoms with Crippen LogP contribution in [0.4, 0.5) is 5.82 Å². The summed E-state index contributed by atoms with van der Waals surface area (Å²) in [5, 5.41) is 8.65. The lowest BCUT2D eigenvalue weighted by Gasteiger charge is -2.15. The average Bonchev–Trinajstić information content (AvgIpc) is 3.43. The van der Waals surface area contributed by atoms with Gasteiger partial charge >= 0.3 is 5.97 Å². The summed E-state index contributed by atoms with van der Waals surface area (Å²) in [6.07, 6.45) is 6.13. The van der Waals surface area contributed by atoms with Crippen LogP contribution in [-0.2, 0) is 9.53 Å². The minimum absolute atomic E-state index is 0.313. The van der Waals surface area contributed by atoms with Gasteiger partial charge in [0.2, 0.25) is 0 Å². The second kappa shape index (κ2) is 8.34. The van der Waals surface area contributed by atoms with E-state index in [1.165, 1.54) is 12.8 Å². The number of hydrogen-bond donors (Lipinski definition) is 1. The number of esters is 1. The molecule has 0 bridgehead atoms. The summed E-state index contributed by atoms with van der Waals surface area (Å²) >= 11 is 0. The van der Waals surface area contributed by atoms with Crippen molar-refractivity contribution in [3.63, 3.8) is 0 Å². The van der Waals surface area contributed by atoms with Crippen molar-refractivity contribution in [2.45, 2.75) is 31.7 Å². The number of amides is 1. The van der Waals surface area contributed by atoms with Gasteiger partial charge < -0.3 is 14.8 Å². The summed E-state index contributed by atoms with van der Waals surface area (Å²) in [5.74, 6) is 0.363. The van der Waals surface area contributed by atoms with Crippen LogP contribution in [0.25, 0.3) is 10.8 Å². The van der Waals surface area contributed by atoms with E-state index in [0.29, 0.717) is 23.2 Å². The molecule has 1 amide bonds. The number of anilines is 1. The summed E-state index contributed by atoms with van der Waals surface area (Å²) in [4.78, 5) is 24.9. The van der Waals surface area contributed by atoms with Gasteiger partial charge in [-0.15, -0.1) is 0 Å². The zero-order valence-corrected chi connectivity index (χ0v) is 16.3. The lowest BCUT2D eigenvalue weighted by molar-refractivity contribution is -0.119. The predicted octanol–water partition coefficient (Wildman–Crippen LogP) is 3.96. The minimum Gasteiger partial charge on any atom is -0.496 e. The number of aromatic nitrogens is 2. The van der Waals surface area contributed by atoms with Crippen molar-refractivity contribution in [1.29, 1.82) is 0 Å². The van der Waals surface area contributed by atoms with Crippen molar-refractivity contribution < 1.29 is 19.1 Å². The maximum atomic E-state index is 12.6. The molecule has 150 valence electrons. The molecule has 29 heavy (non-hydrogen) atoms. The van der Waals surface area contributed by atoms with E-state index in [9.17, 15) is 9.59 Å². The summed E-state index contributed by atoms with van der Waals surface area (Å²) in [7, 11) is 1.58. The van der Waals surface area contributed by atoms with E-state index in [0.717, 1.165) is 23.6 Å². The van der Waals surface area contributed by atoms with Crippen LogP contribution in [0.2, 0.25) is 0 Å². The van der Waals surface area contributed by atoms with Gasteiger partial charge in [-0.1, -0.05) is 37.1 Å². The molecular weight excluding hydrogens is 370 g/mol. The number of carbonyl (C=O) groups is 2. The number of nitrogens with one attached hydrogen (secondary N) is 1. The van der Waals surface area contributed by atoms with Crippen LogP contribution < -0.4 is 10.1 Å². The maximum Gasteiger partial charge on any atom is 0.339 e. The first-order valence-corrected chi connectivity index (χ1v) is 9.73. The van der Waals surface area contributed by atoms with Gasteiger partial charge in [0, 0.05) is 11.5 Å². The van der Waals surface area contributed by atoms with E-state index >= 15 is 0 Å². The van der Waals surface area contributed by atoms with Crippen LogP contribution in [0.1, 0.15) is 42.1 Å². The number of ether oxygens (including phenoxy) is 2. The van der Waals surface area contributed by atoms with Gasteiger partial charge in [-0.25, -0.2) is 9.48 Å². The lowest BCUT2D eigenvalue weighted by atomic mass is 10.0. The molecule has 2 aromatic carbocycles. The molecule has 1 saturated carbocycles. The molecule has 0 radical (unpaired) electrons. The highest BCUT2D eigenvalue weighted by Gasteiger charge is 2.21. The molecule has 0 aliphatic heterocycles. The molecule has 3 aromatic rings. The Balaban J connectivity index is 1.42. The van der Waals surface area contributed by atoms with Gasteiger partial charge in [0.25, 0.3) is 5.91 Å². The van der Waals surface area contributed by atoms with E-state index in [1.807, 2.05) is 28.9 Å². The molecule has 0 spiro atoms. The summed E-state index contributed by atoms with van der Waals surface area (Å²) in [5.41, 5.74) is 0.394. The van der Waals surface area contributed by atoms with E-state index in [2.05, 4.69) is 10.4 Å². The molecule has 1 aliphatic rings. The molecule has 0 saturated heterocycles. The Bertz CT molecular complexity index is 1040. The zero-order chi connectivity index (χ0) is 20.2. The van der Waals surface area contributed by atoms with Gasteiger partial charge in [0.05, 0.1) is 24.9 Å². The normalized spacial score (nSPS) is 14.1. The smallest absolute Gasteiger partial charge is 0.339 e. The maximum absolute atomic E-state index is 12.6. The number of rotatable bonds is 6. The topological polar surface area (TPSA) is 82.4 Å². The Morgan fingerprint density at radius 3 is 2.62 bits per heavy atom. The standard InChI is InChI=1S/C22H23N3O4/c1-28-19-11-10-18(16-8-4-5-9-17(16)19)22(27)29-14-21(26)24-20-12-13-23-25(20)15-6-2-3-7-15/h4-5,8-13,15H,2-3,6-7,14H2,1H3,(H,24,26). The molecule has 0 unspecified atom stereocenters. The molecule has 7 heteroatoms. The molecule has 1 heterocycles. The fraction of sp³-hybridized carbons (Fsp3) is 0.318. The van der Waals surface area contributed by atoms with Crippen LogP contribution >= 0.6 is 0 Å². The van der Waals surface area contributed by atoms with E-state index in [4.69, 9.17) is 9.47 Å². The van der Waals surface area contributed by atoms with Crippen LogP contribution in [0.5, 0.6) is 5.75 Å². The first kappa shape index (κ1) is 19.0. The third-order valence-corrected chi connectivity index (χ3v) is 5.27. The van der Waals surface area contributed by atoms with Crippen molar-refractivity contribution in [2.24, 2.45) is 0 Å². The highest BCUT2D eigenvalue weighted by atomic mass is 16.5. The molecule has 7 nitrogen and oxygen atoms in total. The SMILES string of the molecule is COc1ccc(C(=O)OCC(=O)Nc2ccnn2C2CCCC2)c2ccccc12. The van der Waals surface area contributed by atoms with Gasteiger partial charge in [0.1, 0.15) is 11.6 Å². The van der Waals surface area contributed by atoms with Crippen molar-refractivity contribution in [3.8, 4) is 5.75 Å². The Morgan fingerprint density at radius 1 is 1.10 bits per heavy atom. The Hall–Kier alpha value is -3.35. The average molecular weight is 393 g/mol. The number of hydrogen-bond acceptors (Lipinski definition) is 5. The van der Waals surface area contributed by atoms with E-state index in [-0.39, 0.29) is 6.61 Å². The van der Waals surface area contributed by atoms with Crippen molar-refractivity contribution in [3.05, 3.63) is 54.2 Å². The summed E-state index contributed by atoms with van der Waals surface area (Å²) in [6, 6.07) is 12.9. The van der Waals surface area contributed by atoms with Gasteiger partial charge in [-0.2, -0.15) is 5.10 Å². The van der Waals surface area contributed by atoms with Gasteiger partial charge in [-0.3, -0.25) is 4.79 Å². The van der Waals surface area contributed by atoms with Crippen LogP contribution in [0.15, 0.2) is 48.7 Å². The lowest BCUT2D eigenvalue weighted by Crippen LogP contribution is -2.23. The third-order valence-electron chi connectivity index (χ3n) is 5.27. The second-order valence-corrected chi connectivity index (χ2v) is 7.08. The van der Waals surface area contributed by atoms with E-state index in [1.54, 1.807) is 31.5 Å². The Labute approximate surface area is 168 Å². The van der Waals surface area contributed by atoms with Crippen molar-refractivity contribution in [2.75, 3.05) is 19.0 Å². The predicted molar refractivity (Wildman–Crippen MR) is 109 cm³/mol. The first-order valence-electron chi connectivity index (χ1n) is 9.73. The molecule has 4 rings (SSSR count). The molecule has 1 N–H and O–H groups in total. The minimum atomic E-state index is -0.552. The van der Waals surface area contributed by atoms with Crippen LogP contribution in [0.3, 0.4) is 0 Å². The highest BCUT2D eigenvalue weighted by molar-refractivity contribution is 6.07. The third kappa shape index (κ3) is 3.94. The molecule has 1 aliphatic carbocycles. The van der Waals surface area contributed by atoms with Crippen molar-refractivity contribution in [1.82, 2.24) is 9.78 Å². The number of benzene rings is 2. The monoisotopic (exact) mass is 393 g/mol. The van der Waals surface area contributed by atoms with Crippen molar-refractivity contribution >= 4 is 28.5 Å². The number of methoxy groups -OCH3 is 1. The first-order chi connectivity index (χ1) is 14.2. The fourth-order valence-corrected chi connectivity index (χ4v) is 3.87. The summed E-state index contributed by atoms with van der Waals surface area (Å²) < 4.78 is 12.5. The Kier molecular flexibility index (Phi) is 5.46. The Morgan fingerprint density at radius 2 is 1.86 bits per heavy atom. The molecule has 0 atom stereocenters. The quantitative estimate of drug-likeness (QED) is 0.641. The second-order valence-electron chi connectivity index (χ2n) is 7.08. The van der Waals surface area contributed by atoms with Crippen LogP contribution in [0, 0.1) is 0 Å². The molecular formula is C22H23N3O4. The number of carbonyl (C=O) groups excluding carboxylic acids is 2. The van der Waals surface area contributed by atoms with Gasteiger partial charge in [-0.05, 0) is 30.4 Å². The van der Waals surface area contributed by atoms with E-state index < -0.39 is 11.9 Å². The molecule has 1 fully saturated rings.